The quantitative estimate of drug-likeness (QED) is 0.758. The highest BCUT2D eigenvalue weighted by Crippen LogP contribution is 2.37. The van der Waals surface area contributed by atoms with E-state index in [0.29, 0.717) is 5.02 Å². The van der Waals surface area contributed by atoms with Crippen molar-refractivity contribution in [1.29, 1.82) is 0 Å². The first-order chi connectivity index (χ1) is 12.0. The van der Waals surface area contributed by atoms with Gasteiger partial charge < -0.3 is 14.0 Å². The second-order valence-electron chi connectivity index (χ2n) is 6.08. The topological polar surface area (TPSA) is 57.5 Å². The summed E-state index contributed by atoms with van der Waals surface area (Å²) in [5.74, 6) is -0.670. The van der Waals surface area contributed by atoms with Crippen molar-refractivity contribution in [3.63, 3.8) is 0 Å². The van der Waals surface area contributed by atoms with E-state index in [1.807, 2.05) is 24.3 Å². The first kappa shape index (κ1) is 17.5. The highest BCUT2D eigenvalue weighted by atomic mass is 35.5. The number of hydrogen-bond acceptors (Lipinski definition) is 4. The number of carbonyl (C=O) groups excluding carboxylic acids is 2. The highest BCUT2D eigenvalue weighted by molar-refractivity contribution is 6.30. The molecule has 0 spiro atoms. The zero-order chi connectivity index (χ0) is 18.0. The van der Waals surface area contributed by atoms with E-state index < -0.39 is 0 Å². The SMILES string of the molecule is CC(=O)OCc1c(COC(C)=O)c(-c2ccc(Cl)cc2)n2c1CCC2. The van der Waals surface area contributed by atoms with Crippen molar-refractivity contribution in [2.24, 2.45) is 0 Å². The molecule has 2 heterocycles. The number of esters is 2. The van der Waals surface area contributed by atoms with Gasteiger partial charge in [0.2, 0.25) is 0 Å². The summed E-state index contributed by atoms with van der Waals surface area (Å²) >= 11 is 6.02. The Hall–Kier alpha value is -2.27. The first-order valence-corrected chi connectivity index (χ1v) is 8.61. The van der Waals surface area contributed by atoms with E-state index in [1.165, 1.54) is 13.8 Å². The summed E-state index contributed by atoms with van der Waals surface area (Å²) in [7, 11) is 0. The molecule has 1 aliphatic heterocycles. The normalized spacial score (nSPS) is 12.8. The molecular formula is C19H20ClNO4. The molecule has 0 fully saturated rings. The number of benzene rings is 1. The van der Waals surface area contributed by atoms with Crippen LogP contribution in [0.15, 0.2) is 24.3 Å². The van der Waals surface area contributed by atoms with Gasteiger partial charge in [-0.1, -0.05) is 23.7 Å². The third-order valence-electron chi connectivity index (χ3n) is 4.35. The third-order valence-corrected chi connectivity index (χ3v) is 4.60. The van der Waals surface area contributed by atoms with Crippen molar-refractivity contribution in [1.82, 2.24) is 4.57 Å². The number of fused-ring (bicyclic) bond motifs is 1. The van der Waals surface area contributed by atoms with Crippen LogP contribution in [0.3, 0.4) is 0 Å². The van der Waals surface area contributed by atoms with E-state index in [-0.39, 0.29) is 25.2 Å². The van der Waals surface area contributed by atoms with E-state index in [4.69, 9.17) is 21.1 Å². The predicted octanol–water partition coefficient (Wildman–Crippen LogP) is 3.88. The predicted molar refractivity (Wildman–Crippen MR) is 94.1 cm³/mol. The van der Waals surface area contributed by atoms with Gasteiger partial charge in [-0.15, -0.1) is 0 Å². The van der Waals surface area contributed by atoms with Gasteiger partial charge in [0.1, 0.15) is 13.2 Å². The fourth-order valence-electron chi connectivity index (χ4n) is 3.33. The molecule has 1 aromatic heterocycles. The van der Waals surface area contributed by atoms with E-state index in [1.54, 1.807) is 0 Å². The molecule has 132 valence electrons. The number of hydrogen-bond donors (Lipinski definition) is 0. The molecule has 0 unspecified atom stereocenters. The van der Waals surface area contributed by atoms with Crippen molar-refractivity contribution in [2.45, 2.75) is 46.4 Å². The molecule has 0 saturated heterocycles. The molecule has 0 bridgehead atoms. The largest absolute Gasteiger partial charge is 0.461 e. The molecule has 1 aliphatic rings. The van der Waals surface area contributed by atoms with Gasteiger partial charge in [-0.3, -0.25) is 9.59 Å². The number of aromatic nitrogens is 1. The van der Waals surface area contributed by atoms with Crippen molar-refractivity contribution >= 4 is 23.5 Å². The minimum Gasteiger partial charge on any atom is -0.461 e. The van der Waals surface area contributed by atoms with Crippen LogP contribution in [-0.4, -0.2) is 16.5 Å². The molecule has 0 aliphatic carbocycles. The van der Waals surface area contributed by atoms with Crippen molar-refractivity contribution in [3.8, 4) is 11.3 Å². The lowest BCUT2D eigenvalue weighted by atomic mass is 10.0. The summed E-state index contributed by atoms with van der Waals surface area (Å²) in [6.45, 7) is 4.01. The molecule has 25 heavy (non-hydrogen) atoms. The summed E-state index contributed by atoms with van der Waals surface area (Å²) in [5, 5.41) is 0.665. The number of ether oxygens (including phenoxy) is 2. The van der Waals surface area contributed by atoms with Gasteiger partial charge in [0.05, 0.1) is 5.69 Å². The maximum Gasteiger partial charge on any atom is 0.302 e. The Labute approximate surface area is 151 Å². The van der Waals surface area contributed by atoms with Crippen LogP contribution in [0.1, 0.15) is 37.1 Å². The molecule has 0 N–H and O–H groups in total. The van der Waals surface area contributed by atoms with E-state index >= 15 is 0 Å². The van der Waals surface area contributed by atoms with Gasteiger partial charge >= 0.3 is 11.9 Å². The third kappa shape index (κ3) is 3.71. The van der Waals surface area contributed by atoms with Gasteiger partial charge in [-0.05, 0) is 30.5 Å². The van der Waals surface area contributed by atoms with Crippen LogP contribution in [0, 0.1) is 0 Å². The van der Waals surface area contributed by atoms with Crippen LogP contribution in [0.25, 0.3) is 11.3 Å². The number of halogens is 1. The Kier molecular flexibility index (Phi) is 5.13. The molecule has 5 nitrogen and oxygen atoms in total. The second-order valence-corrected chi connectivity index (χ2v) is 6.51. The molecular weight excluding hydrogens is 342 g/mol. The lowest BCUT2D eigenvalue weighted by Crippen LogP contribution is -2.06. The van der Waals surface area contributed by atoms with Gasteiger partial charge in [-0.2, -0.15) is 0 Å². The standard InChI is InChI=1S/C19H20ClNO4/c1-12(22)24-10-16-17(11-25-13(2)23)19(21-9-3-4-18(16)21)14-5-7-15(20)8-6-14/h5-8H,3-4,9-11H2,1-2H3. The molecule has 1 aromatic carbocycles. The van der Waals surface area contributed by atoms with Gasteiger partial charge in [0.15, 0.2) is 0 Å². The highest BCUT2D eigenvalue weighted by Gasteiger charge is 2.27. The fourth-order valence-corrected chi connectivity index (χ4v) is 3.45. The summed E-state index contributed by atoms with van der Waals surface area (Å²) in [6.07, 6.45) is 1.95. The maximum atomic E-state index is 11.3. The Morgan fingerprint density at radius 2 is 1.64 bits per heavy atom. The van der Waals surface area contributed by atoms with E-state index in [2.05, 4.69) is 4.57 Å². The molecule has 0 atom stereocenters. The lowest BCUT2D eigenvalue weighted by molar-refractivity contribution is -0.143. The smallest absolute Gasteiger partial charge is 0.302 e. The minimum atomic E-state index is -0.341. The van der Waals surface area contributed by atoms with Crippen LogP contribution in [0.4, 0.5) is 0 Å². The summed E-state index contributed by atoms with van der Waals surface area (Å²) in [6, 6.07) is 7.59. The van der Waals surface area contributed by atoms with E-state index in [9.17, 15) is 9.59 Å². The van der Waals surface area contributed by atoms with Gasteiger partial charge in [-0.25, -0.2) is 0 Å². The molecule has 0 saturated carbocycles. The molecule has 0 radical (unpaired) electrons. The first-order valence-electron chi connectivity index (χ1n) is 8.23. The van der Waals surface area contributed by atoms with Crippen LogP contribution < -0.4 is 0 Å². The Balaban J connectivity index is 2.10. The zero-order valence-corrected chi connectivity index (χ0v) is 15.1. The number of rotatable bonds is 5. The Morgan fingerprint density at radius 1 is 1.04 bits per heavy atom. The van der Waals surface area contributed by atoms with E-state index in [0.717, 1.165) is 47.5 Å². The number of nitrogens with zero attached hydrogens (tertiary/aromatic N) is 1. The molecule has 6 heteroatoms. The van der Waals surface area contributed by atoms with Crippen LogP contribution in [0.5, 0.6) is 0 Å². The monoisotopic (exact) mass is 361 g/mol. The lowest BCUT2D eigenvalue weighted by Gasteiger charge is -2.11. The summed E-state index contributed by atoms with van der Waals surface area (Å²) < 4.78 is 12.8. The summed E-state index contributed by atoms with van der Waals surface area (Å²) in [4.78, 5) is 22.6. The number of carbonyl (C=O) groups is 2. The van der Waals surface area contributed by atoms with Crippen LogP contribution in [0.2, 0.25) is 5.02 Å². The van der Waals surface area contributed by atoms with Gasteiger partial charge in [0, 0.05) is 42.2 Å². The molecule has 2 aromatic rings. The van der Waals surface area contributed by atoms with Crippen LogP contribution >= 0.6 is 11.6 Å². The average Bonchev–Trinajstić information content (AvgIpc) is 3.12. The van der Waals surface area contributed by atoms with Crippen molar-refractivity contribution in [3.05, 3.63) is 46.1 Å². The minimum absolute atomic E-state index is 0.157. The second kappa shape index (κ2) is 7.31. The van der Waals surface area contributed by atoms with Crippen LogP contribution in [-0.2, 0) is 45.2 Å². The Morgan fingerprint density at radius 3 is 2.24 bits per heavy atom. The maximum absolute atomic E-state index is 11.3. The van der Waals surface area contributed by atoms with Gasteiger partial charge in [0.25, 0.3) is 0 Å². The summed E-state index contributed by atoms with van der Waals surface area (Å²) in [5.41, 5.74) is 5.00. The average molecular weight is 362 g/mol. The van der Waals surface area contributed by atoms with Crippen molar-refractivity contribution in [2.75, 3.05) is 0 Å². The fraction of sp³-hybridized carbons (Fsp3) is 0.368. The molecule has 0 amide bonds. The Bertz CT molecular complexity index is 808. The zero-order valence-electron chi connectivity index (χ0n) is 14.3. The van der Waals surface area contributed by atoms with Crippen molar-refractivity contribution < 1.29 is 19.1 Å². The molecule has 3 rings (SSSR count).